The second-order valence-corrected chi connectivity index (χ2v) is 6.63. The Balaban J connectivity index is 1.44. The zero-order valence-electron chi connectivity index (χ0n) is 14.0. The van der Waals surface area contributed by atoms with Crippen LogP contribution >= 0.6 is 0 Å². The predicted octanol–water partition coefficient (Wildman–Crippen LogP) is 1.99. The van der Waals surface area contributed by atoms with Crippen LogP contribution in [0.4, 0.5) is 0 Å². The molecule has 3 heterocycles. The Morgan fingerprint density at radius 3 is 3.21 bits per heavy atom. The van der Waals surface area contributed by atoms with Crippen LogP contribution in [0.5, 0.6) is 0 Å². The molecule has 24 heavy (non-hydrogen) atoms. The highest BCUT2D eigenvalue weighted by Gasteiger charge is 2.20. The number of hydrogen-bond acceptors (Lipinski definition) is 4. The summed E-state index contributed by atoms with van der Waals surface area (Å²) in [5.41, 5.74) is 2.43. The van der Waals surface area contributed by atoms with Crippen LogP contribution in [-0.4, -0.2) is 51.0 Å². The zero-order chi connectivity index (χ0) is 16.4. The summed E-state index contributed by atoms with van der Waals surface area (Å²) in [5.74, 6) is 1.60. The van der Waals surface area contributed by atoms with Crippen molar-refractivity contribution in [2.24, 2.45) is 13.0 Å². The lowest BCUT2D eigenvalue weighted by molar-refractivity contribution is 0.121. The summed E-state index contributed by atoms with van der Waals surface area (Å²) < 4.78 is 7.93. The molecule has 1 fully saturated rings. The van der Waals surface area contributed by atoms with Crippen molar-refractivity contribution in [1.29, 1.82) is 0 Å². The van der Waals surface area contributed by atoms with E-state index in [0.29, 0.717) is 5.92 Å². The molecular formula is C18H23N5O. The van der Waals surface area contributed by atoms with Gasteiger partial charge in [0.25, 0.3) is 0 Å². The van der Waals surface area contributed by atoms with Gasteiger partial charge < -0.3 is 9.30 Å². The van der Waals surface area contributed by atoms with Crippen molar-refractivity contribution in [3.05, 3.63) is 48.2 Å². The highest BCUT2D eigenvalue weighted by Crippen LogP contribution is 2.19. The molecule has 1 aliphatic heterocycles. The Bertz CT molecular complexity index is 808. The van der Waals surface area contributed by atoms with Crippen LogP contribution < -0.4 is 0 Å². The van der Waals surface area contributed by atoms with E-state index in [0.717, 1.165) is 50.6 Å². The van der Waals surface area contributed by atoms with Crippen LogP contribution in [0, 0.1) is 5.92 Å². The number of imidazole rings is 1. The molecule has 4 rings (SSSR count). The number of aromatic amines is 1. The van der Waals surface area contributed by atoms with Gasteiger partial charge in [0, 0.05) is 37.9 Å². The lowest BCUT2D eigenvalue weighted by Gasteiger charge is -2.23. The van der Waals surface area contributed by atoms with Crippen molar-refractivity contribution >= 4 is 10.9 Å². The van der Waals surface area contributed by atoms with Gasteiger partial charge in [-0.3, -0.25) is 10.00 Å². The average Bonchev–Trinajstić information content (AvgIpc) is 3.13. The number of fused-ring (bicyclic) bond motifs is 1. The van der Waals surface area contributed by atoms with Gasteiger partial charge in [-0.1, -0.05) is 6.07 Å². The number of nitrogens with one attached hydrogen (secondary N) is 1. The average molecular weight is 325 g/mol. The van der Waals surface area contributed by atoms with Gasteiger partial charge in [-0.05, 0) is 30.0 Å². The van der Waals surface area contributed by atoms with E-state index in [2.05, 4.69) is 42.8 Å². The third kappa shape index (κ3) is 3.34. The molecule has 3 aromatic rings. The number of ether oxygens (including phenoxy) is 1. The molecule has 2 aromatic heterocycles. The van der Waals surface area contributed by atoms with Crippen LogP contribution in [0.15, 0.2) is 36.8 Å². The first-order chi connectivity index (χ1) is 11.8. The van der Waals surface area contributed by atoms with E-state index in [1.807, 2.05) is 25.6 Å². The van der Waals surface area contributed by atoms with Gasteiger partial charge in [0.1, 0.15) is 5.82 Å². The highest BCUT2D eigenvalue weighted by atomic mass is 16.5. The van der Waals surface area contributed by atoms with Gasteiger partial charge in [0.2, 0.25) is 0 Å². The van der Waals surface area contributed by atoms with Crippen LogP contribution in [0.25, 0.3) is 10.9 Å². The van der Waals surface area contributed by atoms with Crippen molar-refractivity contribution in [3.63, 3.8) is 0 Å². The monoisotopic (exact) mass is 325 g/mol. The van der Waals surface area contributed by atoms with Crippen molar-refractivity contribution in [2.45, 2.75) is 13.0 Å². The fourth-order valence-corrected chi connectivity index (χ4v) is 3.42. The quantitative estimate of drug-likeness (QED) is 0.797. The van der Waals surface area contributed by atoms with Crippen molar-refractivity contribution < 1.29 is 4.74 Å². The topological polar surface area (TPSA) is 59.0 Å². The Hall–Kier alpha value is -2.18. The van der Waals surface area contributed by atoms with Gasteiger partial charge in [0.15, 0.2) is 0 Å². The summed E-state index contributed by atoms with van der Waals surface area (Å²) in [5, 5.41) is 8.28. The molecule has 1 aliphatic rings. The standard InChI is InChI=1S/C18H23N5O/c1-22-5-4-19-18(22)12-23-6-7-24-13-15(11-23)8-14-2-3-17-16(9-14)10-20-21-17/h2-5,9-10,15H,6-8,11-13H2,1H3,(H,20,21). The first kappa shape index (κ1) is 15.4. The van der Waals surface area contributed by atoms with E-state index < -0.39 is 0 Å². The smallest absolute Gasteiger partial charge is 0.122 e. The summed E-state index contributed by atoms with van der Waals surface area (Å²) in [6.45, 7) is 4.49. The first-order valence-electron chi connectivity index (χ1n) is 8.46. The largest absolute Gasteiger partial charge is 0.380 e. The van der Waals surface area contributed by atoms with Crippen molar-refractivity contribution in [3.8, 4) is 0 Å². The Morgan fingerprint density at radius 1 is 1.38 bits per heavy atom. The Morgan fingerprint density at radius 2 is 2.33 bits per heavy atom. The fourth-order valence-electron chi connectivity index (χ4n) is 3.42. The summed E-state index contributed by atoms with van der Waals surface area (Å²) in [6, 6.07) is 6.53. The number of aromatic nitrogens is 4. The van der Waals surface area contributed by atoms with E-state index in [9.17, 15) is 0 Å². The molecule has 1 atom stereocenters. The van der Waals surface area contributed by atoms with Crippen molar-refractivity contribution in [2.75, 3.05) is 26.3 Å². The maximum Gasteiger partial charge on any atom is 0.122 e. The van der Waals surface area contributed by atoms with Crippen LogP contribution in [0.2, 0.25) is 0 Å². The molecule has 0 saturated carbocycles. The zero-order valence-corrected chi connectivity index (χ0v) is 14.0. The minimum Gasteiger partial charge on any atom is -0.380 e. The van der Waals surface area contributed by atoms with E-state index in [-0.39, 0.29) is 0 Å². The molecule has 0 radical (unpaired) electrons. The molecule has 6 heteroatoms. The van der Waals surface area contributed by atoms with Gasteiger partial charge in [0.05, 0.1) is 31.5 Å². The van der Waals surface area contributed by atoms with E-state index in [1.165, 1.54) is 10.9 Å². The van der Waals surface area contributed by atoms with Gasteiger partial charge in [-0.25, -0.2) is 4.98 Å². The molecule has 0 aliphatic carbocycles. The number of hydrogen-bond donors (Lipinski definition) is 1. The van der Waals surface area contributed by atoms with E-state index in [4.69, 9.17) is 4.74 Å². The number of rotatable bonds is 4. The van der Waals surface area contributed by atoms with E-state index in [1.54, 1.807) is 0 Å². The van der Waals surface area contributed by atoms with Crippen LogP contribution in [0.1, 0.15) is 11.4 Å². The fraction of sp³-hybridized carbons (Fsp3) is 0.444. The number of benzene rings is 1. The molecular weight excluding hydrogens is 302 g/mol. The first-order valence-corrected chi connectivity index (χ1v) is 8.46. The molecule has 0 amide bonds. The second-order valence-electron chi connectivity index (χ2n) is 6.63. The lowest BCUT2D eigenvalue weighted by atomic mass is 9.98. The lowest BCUT2D eigenvalue weighted by Crippen LogP contribution is -2.31. The molecule has 6 nitrogen and oxygen atoms in total. The summed E-state index contributed by atoms with van der Waals surface area (Å²) in [6.07, 6.45) is 6.77. The maximum atomic E-state index is 5.84. The summed E-state index contributed by atoms with van der Waals surface area (Å²) >= 11 is 0. The molecule has 1 unspecified atom stereocenters. The molecule has 126 valence electrons. The predicted molar refractivity (Wildman–Crippen MR) is 92.6 cm³/mol. The van der Waals surface area contributed by atoms with Crippen molar-refractivity contribution in [1.82, 2.24) is 24.6 Å². The Kier molecular flexibility index (Phi) is 4.32. The molecule has 1 aromatic carbocycles. The van der Waals surface area contributed by atoms with Gasteiger partial charge in [-0.2, -0.15) is 5.10 Å². The number of nitrogens with zero attached hydrogens (tertiary/aromatic N) is 4. The number of H-pyrrole nitrogens is 1. The van der Waals surface area contributed by atoms with Crippen LogP contribution in [-0.2, 0) is 24.8 Å². The van der Waals surface area contributed by atoms with Gasteiger partial charge in [-0.15, -0.1) is 0 Å². The maximum absolute atomic E-state index is 5.84. The van der Waals surface area contributed by atoms with Gasteiger partial charge >= 0.3 is 0 Å². The van der Waals surface area contributed by atoms with Crippen LogP contribution in [0.3, 0.4) is 0 Å². The molecule has 1 N–H and O–H groups in total. The highest BCUT2D eigenvalue weighted by molar-refractivity contribution is 5.78. The summed E-state index contributed by atoms with van der Waals surface area (Å²) in [7, 11) is 2.05. The SMILES string of the molecule is Cn1ccnc1CN1CCOCC(Cc2ccc3[nH]ncc3c2)C1. The summed E-state index contributed by atoms with van der Waals surface area (Å²) in [4.78, 5) is 6.90. The third-order valence-electron chi connectivity index (χ3n) is 4.74. The molecule has 0 spiro atoms. The molecule has 0 bridgehead atoms. The third-order valence-corrected chi connectivity index (χ3v) is 4.74. The minimum atomic E-state index is 0.497. The Labute approximate surface area is 141 Å². The van der Waals surface area contributed by atoms with E-state index >= 15 is 0 Å². The minimum absolute atomic E-state index is 0.497. The normalized spacial score (nSPS) is 19.6. The number of aryl methyl sites for hydroxylation is 1. The molecule has 1 saturated heterocycles. The second kappa shape index (κ2) is 6.75.